The van der Waals surface area contributed by atoms with E-state index in [9.17, 15) is 18.3 Å². The van der Waals surface area contributed by atoms with Crippen LogP contribution in [0.25, 0.3) is 0 Å². The van der Waals surface area contributed by atoms with Crippen molar-refractivity contribution in [1.29, 1.82) is 0 Å². The number of carbonyl (C=O) groups is 1. The van der Waals surface area contributed by atoms with E-state index in [4.69, 9.17) is 0 Å². The van der Waals surface area contributed by atoms with Gasteiger partial charge in [0.25, 0.3) is 10.0 Å². The summed E-state index contributed by atoms with van der Waals surface area (Å²) in [5.74, 6) is -1.20. The Balaban J connectivity index is 2.00. The average molecular weight is 463 g/mol. The SMILES string of the molecule is O=C(O)c1ccc(I)cc1NS(=O)(=O)C1=CC=CN2SNC=C12. The van der Waals surface area contributed by atoms with E-state index >= 15 is 0 Å². The van der Waals surface area contributed by atoms with Gasteiger partial charge in [0.1, 0.15) is 4.91 Å². The summed E-state index contributed by atoms with van der Waals surface area (Å²) in [4.78, 5) is 11.3. The fourth-order valence-corrected chi connectivity index (χ4v) is 4.52. The fraction of sp³-hybridized carbons (Fsp3) is 0. The minimum absolute atomic E-state index is 0.0330. The average Bonchev–Trinajstić information content (AvgIpc) is 2.94. The highest BCUT2D eigenvalue weighted by molar-refractivity contribution is 14.1. The molecule has 1 aromatic carbocycles. The largest absolute Gasteiger partial charge is 0.478 e. The summed E-state index contributed by atoms with van der Waals surface area (Å²) in [6.45, 7) is 0. The molecule has 2 aliphatic rings. The molecule has 0 saturated carbocycles. The zero-order chi connectivity index (χ0) is 16.6. The number of fused-ring (bicyclic) bond motifs is 1. The molecule has 0 saturated heterocycles. The molecule has 0 radical (unpaired) electrons. The van der Waals surface area contributed by atoms with Crippen LogP contribution in [0.4, 0.5) is 5.69 Å². The monoisotopic (exact) mass is 463 g/mol. The third-order valence-corrected chi connectivity index (χ3v) is 5.87. The van der Waals surface area contributed by atoms with Gasteiger partial charge in [0, 0.05) is 16.0 Å². The Hall–Kier alpha value is -1.66. The molecule has 0 aromatic heterocycles. The van der Waals surface area contributed by atoms with E-state index < -0.39 is 16.0 Å². The summed E-state index contributed by atoms with van der Waals surface area (Å²) in [5, 5.41) is 9.22. The van der Waals surface area contributed by atoms with Crippen LogP contribution in [0.1, 0.15) is 10.4 Å². The summed E-state index contributed by atoms with van der Waals surface area (Å²) in [6, 6.07) is 4.45. The summed E-state index contributed by atoms with van der Waals surface area (Å²) in [6.07, 6.45) is 6.38. The molecule has 10 heteroatoms. The van der Waals surface area contributed by atoms with Gasteiger partial charge in [-0.2, -0.15) is 0 Å². The Morgan fingerprint density at radius 1 is 1.39 bits per heavy atom. The lowest BCUT2D eigenvalue weighted by Crippen LogP contribution is -2.22. The second-order valence-corrected chi connectivity index (χ2v) is 8.25. The van der Waals surface area contributed by atoms with Gasteiger partial charge in [0.15, 0.2) is 0 Å². The lowest BCUT2D eigenvalue weighted by Gasteiger charge is -2.21. The van der Waals surface area contributed by atoms with E-state index in [0.29, 0.717) is 5.70 Å². The molecule has 2 heterocycles. The van der Waals surface area contributed by atoms with Crippen LogP contribution >= 0.6 is 34.7 Å². The van der Waals surface area contributed by atoms with Crippen molar-refractivity contribution >= 4 is 56.4 Å². The summed E-state index contributed by atoms with van der Waals surface area (Å²) >= 11 is 3.23. The van der Waals surface area contributed by atoms with Crippen molar-refractivity contribution in [1.82, 2.24) is 9.03 Å². The molecule has 0 atom stereocenters. The minimum atomic E-state index is -3.93. The van der Waals surface area contributed by atoms with Gasteiger partial charge in [-0.1, -0.05) is 0 Å². The maximum absolute atomic E-state index is 12.7. The van der Waals surface area contributed by atoms with Crippen molar-refractivity contribution in [2.45, 2.75) is 0 Å². The van der Waals surface area contributed by atoms with E-state index in [1.807, 2.05) is 22.6 Å². The zero-order valence-corrected chi connectivity index (χ0v) is 15.1. The predicted octanol–water partition coefficient (Wildman–Crippen LogP) is 2.45. The number of aromatic carboxylic acids is 1. The third-order valence-electron chi connectivity index (χ3n) is 3.05. The zero-order valence-electron chi connectivity index (χ0n) is 11.4. The Morgan fingerprint density at radius 3 is 2.91 bits per heavy atom. The van der Waals surface area contributed by atoms with Crippen LogP contribution in [0.2, 0.25) is 0 Å². The number of carboxylic acid groups (broad SMARTS) is 1. The highest BCUT2D eigenvalue weighted by Crippen LogP contribution is 2.34. The van der Waals surface area contributed by atoms with Gasteiger partial charge in [-0.05, 0) is 52.9 Å². The van der Waals surface area contributed by atoms with Crippen molar-refractivity contribution < 1.29 is 18.3 Å². The van der Waals surface area contributed by atoms with Crippen LogP contribution in [-0.4, -0.2) is 23.8 Å². The molecule has 3 rings (SSSR count). The number of nitrogens with one attached hydrogen (secondary N) is 2. The first-order chi connectivity index (χ1) is 10.9. The van der Waals surface area contributed by atoms with Crippen LogP contribution < -0.4 is 9.44 Å². The summed E-state index contributed by atoms with van der Waals surface area (Å²) in [5.41, 5.74) is 0.406. The number of hydrogen-bond donors (Lipinski definition) is 3. The molecule has 3 N–H and O–H groups in total. The number of benzene rings is 1. The molecule has 0 bridgehead atoms. The molecule has 0 amide bonds. The molecule has 1 aromatic rings. The van der Waals surface area contributed by atoms with Crippen LogP contribution in [0, 0.1) is 3.57 Å². The number of hydrogen-bond acceptors (Lipinski definition) is 6. The molecule has 23 heavy (non-hydrogen) atoms. The van der Waals surface area contributed by atoms with Crippen LogP contribution in [-0.2, 0) is 10.0 Å². The smallest absolute Gasteiger partial charge is 0.337 e. The summed E-state index contributed by atoms with van der Waals surface area (Å²) < 4.78 is 33.0. The lowest BCUT2D eigenvalue weighted by atomic mass is 10.2. The van der Waals surface area contributed by atoms with Crippen molar-refractivity contribution in [2.75, 3.05) is 4.72 Å². The van der Waals surface area contributed by atoms with Crippen LogP contribution in [0.15, 0.2) is 53.4 Å². The lowest BCUT2D eigenvalue weighted by molar-refractivity contribution is 0.0698. The number of anilines is 1. The Bertz CT molecular complexity index is 877. The molecular weight excluding hydrogens is 453 g/mol. The highest BCUT2D eigenvalue weighted by atomic mass is 127. The number of halogens is 1. The van der Waals surface area contributed by atoms with Gasteiger partial charge in [-0.25, -0.2) is 13.2 Å². The maximum atomic E-state index is 12.7. The van der Waals surface area contributed by atoms with Crippen molar-refractivity contribution in [3.63, 3.8) is 0 Å². The molecular formula is C13H10IN3O4S2. The summed E-state index contributed by atoms with van der Waals surface area (Å²) in [7, 11) is -3.93. The topological polar surface area (TPSA) is 98.7 Å². The second kappa shape index (κ2) is 6.09. The van der Waals surface area contributed by atoms with E-state index in [-0.39, 0.29) is 16.2 Å². The second-order valence-electron chi connectivity index (χ2n) is 4.54. The fourth-order valence-electron chi connectivity index (χ4n) is 2.05. The van der Waals surface area contributed by atoms with Crippen LogP contribution in [0.3, 0.4) is 0 Å². The van der Waals surface area contributed by atoms with E-state index in [2.05, 4.69) is 9.44 Å². The minimum Gasteiger partial charge on any atom is -0.478 e. The van der Waals surface area contributed by atoms with Crippen molar-refractivity contribution in [3.05, 3.63) is 62.5 Å². The Morgan fingerprint density at radius 2 is 2.17 bits per heavy atom. The number of allylic oxidation sites excluding steroid dienone is 2. The van der Waals surface area contributed by atoms with Gasteiger partial charge in [-0.15, -0.1) is 0 Å². The molecule has 0 fully saturated rings. The Kier molecular flexibility index (Phi) is 4.29. The predicted molar refractivity (Wildman–Crippen MR) is 96.5 cm³/mol. The molecule has 0 spiro atoms. The van der Waals surface area contributed by atoms with Crippen molar-refractivity contribution in [3.8, 4) is 0 Å². The number of rotatable bonds is 4. The standard InChI is InChI=1S/C13H10IN3O4S2/c14-8-3-4-9(13(18)19)10(6-8)16-23(20,21)12-2-1-5-17-11(12)7-15-22-17/h1-7,15-16H,(H,18,19). The highest BCUT2D eigenvalue weighted by Gasteiger charge is 2.30. The first-order valence-corrected chi connectivity index (χ1v) is 9.58. The Labute approximate surface area is 150 Å². The van der Waals surface area contributed by atoms with Gasteiger partial charge in [-0.3, -0.25) is 9.03 Å². The van der Waals surface area contributed by atoms with Gasteiger partial charge < -0.3 is 9.83 Å². The molecule has 0 unspecified atom stereocenters. The quantitative estimate of drug-likeness (QED) is 0.466. The van der Waals surface area contributed by atoms with E-state index in [0.717, 1.165) is 3.57 Å². The van der Waals surface area contributed by atoms with E-state index in [1.54, 1.807) is 28.8 Å². The first kappa shape index (κ1) is 16.2. The molecule has 7 nitrogen and oxygen atoms in total. The molecule has 2 aliphatic heterocycles. The van der Waals surface area contributed by atoms with Crippen molar-refractivity contribution in [2.24, 2.45) is 0 Å². The molecule has 0 aliphatic carbocycles. The number of nitrogens with zero attached hydrogens (tertiary/aromatic N) is 1. The first-order valence-electron chi connectivity index (χ1n) is 6.25. The number of sulfonamides is 1. The van der Waals surface area contributed by atoms with E-state index in [1.165, 1.54) is 30.3 Å². The van der Waals surface area contributed by atoms with Gasteiger partial charge in [0.2, 0.25) is 0 Å². The van der Waals surface area contributed by atoms with Crippen LogP contribution in [0.5, 0.6) is 0 Å². The van der Waals surface area contributed by atoms with Gasteiger partial charge >= 0.3 is 5.97 Å². The third kappa shape index (κ3) is 3.19. The number of carboxylic acids is 1. The van der Waals surface area contributed by atoms with Gasteiger partial charge in [0.05, 0.1) is 29.1 Å². The maximum Gasteiger partial charge on any atom is 0.337 e. The molecule has 120 valence electrons. The normalized spacial score (nSPS) is 16.3.